The van der Waals surface area contributed by atoms with E-state index >= 15 is 0 Å². The molecule has 0 radical (unpaired) electrons. The maximum Gasteiger partial charge on any atom is 0.148 e. The smallest absolute Gasteiger partial charge is 0.148 e. The van der Waals surface area contributed by atoms with Crippen molar-refractivity contribution in [2.24, 2.45) is 0 Å². The highest BCUT2D eigenvalue weighted by molar-refractivity contribution is 5.30. The first-order chi connectivity index (χ1) is 8.10. The van der Waals surface area contributed by atoms with Crippen LogP contribution in [0.5, 0.6) is 0 Å². The van der Waals surface area contributed by atoms with E-state index < -0.39 is 5.60 Å². The molecule has 0 heterocycles. The fourth-order valence-corrected chi connectivity index (χ4v) is 1.61. The predicted octanol–water partition coefficient (Wildman–Crippen LogP) is 2.24. The SMILES string of the molecule is CCN(CC)CC#CC(C)(O)c1ccccc1. The molecular weight excluding hydrogens is 210 g/mol. The lowest BCUT2D eigenvalue weighted by molar-refractivity contribution is 0.122. The highest BCUT2D eigenvalue weighted by atomic mass is 16.3. The van der Waals surface area contributed by atoms with Gasteiger partial charge in [-0.15, -0.1) is 0 Å². The zero-order valence-electron chi connectivity index (χ0n) is 10.9. The van der Waals surface area contributed by atoms with Gasteiger partial charge in [-0.3, -0.25) is 4.90 Å². The van der Waals surface area contributed by atoms with Gasteiger partial charge < -0.3 is 5.11 Å². The maximum absolute atomic E-state index is 10.3. The molecule has 0 spiro atoms. The first-order valence-corrected chi connectivity index (χ1v) is 6.10. The van der Waals surface area contributed by atoms with Crippen molar-refractivity contribution in [3.05, 3.63) is 35.9 Å². The molecule has 92 valence electrons. The van der Waals surface area contributed by atoms with Crippen molar-refractivity contribution in [2.75, 3.05) is 19.6 Å². The molecule has 0 fully saturated rings. The molecule has 0 saturated heterocycles. The summed E-state index contributed by atoms with van der Waals surface area (Å²) in [5, 5.41) is 10.3. The second kappa shape index (κ2) is 6.44. The Balaban J connectivity index is 2.70. The Bertz CT molecular complexity index is 382. The molecule has 1 aromatic rings. The highest BCUT2D eigenvalue weighted by Crippen LogP contribution is 2.18. The van der Waals surface area contributed by atoms with Crippen LogP contribution in [0.15, 0.2) is 30.3 Å². The Labute approximate surface area is 104 Å². The molecule has 17 heavy (non-hydrogen) atoms. The monoisotopic (exact) mass is 231 g/mol. The number of benzene rings is 1. The van der Waals surface area contributed by atoms with Crippen molar-refractivity contribution in [3.8, 4) is 11.8 Å². The van der Waals surface area contributed by atoms with Crippen molar-refractivity contribution in [2.45, 2.75) is 26.4 Å². The Morgan fingerprint density at radius 3 is 2.29 bits per heavy atom. The molecule has 1 aromatic carbocycles. The van der Waals surface area contributed by atoms with Crippen molar-refractivity contribution in [3.63, 3.8) is 0 Å². The van der Waals surface area contributed by atoms with Crippen LogP contribution in [0.2, 0.25) is 0 Å². The third-order valence-corrected chi connectivity index (χ3v) is 2.86. The second-order valence-electron chi connectivity index (χ2n) is 4.20. The lowest BCUT2D eigenvalue weighted by atomic mass is 9.97. The van der Waals surface area contributed by atoms with E-state index in [0.29, 0.717) is 6.54 Å². The van der Waals surface area contributed by atoms with Crippen molar-refractivity contribution >= 4 is 0 Å². The normalized spacial score (nSPS) is 13.9. The van der Waals surface area contributed by atoms with E-state index in [-0.39, 0.29) is 0 Å². The molecule has 0 aliphatic carbocycles. The van der Waals surface area contributed by atoms with Crippen molar-refractivity contribution in [1.82, 2.24) is 4.90 Å². The van der Waals surface area contributed by atoms with E-state index in [9.17, 15) is 5.11 Å². The van der Waals surface area contributed by atoms with Gasteiger partial charge in [0, 0.05) is 0 Å². The lowest BCUT2D eigenvalue weighted by Gasteiger charge is -2.17. The summed E-state index contributed by atoms with van der Waals surface area (Å²) in [7, 11) is 0. The first kappa shape index (κ1) is 13.8. The molecule has 0 amide bonds. The van der Waals surface area contributed by atoms with Crippen LogP contribution in [0, 0.1) is 11.8 Å². The minimum atomic E-state index is -1.06. The summed E-state index contributed by atoms with van der Waals surface area (Å²) in [5.74, 6) is 5.99. The molecule has 0 saturated carbocycles. The summed E-state index contributed by atoms with van der Waals surface area (Å²) >= 11 is 0. The van der Waals surface area contributed by atoms with Crippen molar-refractivity contribution < 1.29 is 5.11 Å². The largest absolute Gasteiger partial charge is 0.374 e. The Morgan fingerprint density at radius 1 is 1.18 bits per heavy atom. The Hall–Kier alpha value is -1.30. The molecule has 0 bridgehead atoms. The summed E-state index contributed by atoms with van der Waals surface area (Å²) < 4.78 is 0. The van der Waals surface area contributed by atoms with E-state index in [1.165, 1.54) is 0 Å². The molecule has 1 unspecified atom stereocenters. The molecule has 2 nitrogen and oxygen atoms in total. The topological polar surface area (TPSA) is 23.5 Å². The average molecular weight is 231 g/mol. The zero-order chi connectivity index (χ0) is 12.7. The fraction of sp³-hybridized carbons (Fsp3) is 0.467. The zero-order valence-corrected chi connectivity index (χ0v) is 10.9. The van der Waals surface area contributed by atoms with Gasteiger partial charge in [0.2, 0.25) is 0 Å². The molecule has 0 aliphatic heterocycles. The molecule has 1 atom stereocenters. The third kappa shape index (κ3) is 4.22. The van der Waals surface area contributed by atoms with E-state index in [1.807, 2.05) is 30.3 Å². The summed E-state index contributed by atoms with van der Waals surface area (Å²) in [6.45, 7) is 8.63. The van der Waals surface area contributed by atoms with Gasteiger partial charge >= 0.3 is 0 Å². The predicted molar refractivity (Wildman–Crippen MR) is 71.6 cm³/mol. The van der Waals surface area contributed by atoms with Crippen LogP contribution in [0.25, 0.3) is 0 Å². The molecule has 0 aromatic heterocycles. The van der Waals surface area contributed by atoms with Crippen LogP contribution in [0.4, 0.5) is 0 Å². The molecule has 0 aliphatic rings. The number of aliphatic hydroxyl groups is 1. The average Bonchev–Trinajstić information content (AvgIpc) is 2.36. The van der Waals surface area contributed by atoms with E-state index in [4.69, 9.17) is 0 Å². The number of hydrogen-bond acceptors (Lipinski definition) is 2. The molecule has 1 rings (SSSR count). The Morgan fingerprint density at radius 2 is 1.76 bits per heavy atom. The van der Waals surface area contributed by atoms with E-state index in [1.54, 1.807) is 6.92 Å². The fourth-order valence-electron chi connectivity index (χ4n) is 1.61. The van der Waals surface area contributed by atoms with E-state index in [0.717, 1.165) is 18.7 Å². The second-order valence-corrected chi connectivity index (χ2v) is 4.20. The van der Waals surface area contributed by atoms with Gasteiger partial charge in [0.15, 0.2) is 0 Å². The van der Waals surface area contributed by atoms with Crippen LogP contribution in [0.1, 0.15) is 26.3 Å². The standard InChI is InChI=1S/C15H21NO/c1-4-16(5-2)13-9-12-15(3,17)14-10-7-6-8-11-14/h6-8,10-11,17H,4-5,13H2,1-3H3. The Kier molecular flexibility index (Phi) is 5.21. The van der Waals surface area contributed by atoms with E-state index in [2.05, 4.69) is 30.6 Å². The highest BCUT2D eigenvalue weighted by Gasteiger charge is 2.18. The third-order valence-electron chi connectivity index (χ3n) is 2.86. The lowest BCUT2D eigenvalue weighted by Crippen LogP contribution is -2.24. The summed E-state index contributed by atoms with van der Waals surface area (Å²) in [5.41, 5.74) is -0.221. The minimum Gasteiger partial charge on any atom is -0.374 e. The van der Waals surface area contributed by atoms with Crippen LogP contribution < -0.4 is 0 Å². The summed E-state index contributed by atoms with van der Waals surface area (Å²) in [6, 6.07) is 9.55. The molecule has 1 N–H and O–H groups in total. The first-order valence-electron chi connectivity index (χ1n) is 6.10. The van der Waals surface area contributed by atoms with Gasteiger partial charge in [-0.2, -0.15) is 0 Å². The van der Waals surface area contributed by atoms with Gasteiger partial charge in [-0.05, 0) is 25.6 Å². The number of rotatable bonds is 4. The minimum absolute atomic E-state index is 0.704. The van der Waals surface area contributed by atoms with Crippen LogP contribution >= 0.6 is 0 Å². The van der Waals surface area contributed by atoms with Gasteiger partial charge in [0.25, 0.3) is 0 Å². The number of hydrogen-bond donors (Lipinski definition) is 1. The van der Waals surface area contributed by atoms with Gasteiger partial charge in [-0.25, -0.2) is 0 Å². The number of nitrogens with zero attached hydrogens (tertiary/aromatic N) is 1. The summed E-state index contributed by atoms with van der Waals surface area (Å²) in [6.07, 6.45) is 0. The maximum atomic E-state index is 10.3. The van der Waals surface area contributed by atoms with Gasteiger partial charge in [0.05, 0.1) is 6.54 Å². The molecular formula is C15H21NO. The van der Waals surface area contributed by atoms with Crippen LogP contribution in [0.3, 0.4) is 0 Å². The van der Waals surface area contributed by atoms with Gasteiger partial charge in [-0.1, -0.05) is 56.0 Å². The van der Waals surface area contributed by atoms with Gasteiger partial charge in [0.1, 0.15) is 5.60 Å². The molecule has 2 heteroatoms. The van der Waals surface area contributed by atoms with Crippen LogP contribution in [-0.2, 0) is 5.60 Å². The summed E-state index contributed by atoms with van der Waals surface area (Å²) in [4.78, 5) is 2.22. The quantitative estimate of drug-likeness (QED) is 0.803. The van der Waals surface area contributed by atoms with Crippen LogP contribution in [-0.4, -0.2) is 29.6 Å². The van der Waals surface area contributed by atoms with Crippen molar-refractivity contribution in [1.29, 1.82) is 0 Å².